The molecule has 0 aromatic rings. The van der Waals surface area contributed by atoms with E-state index in [2.05, 4.69) is 13.8 Å². The predicted molar refractivity (Wildman–Crippen MR) is 261 cm³/mol. The van der Waals surface area contributed by atoms with E-state index in [1.165, 1.54) is 263 Å². The minimum Gasteiger partial charge on any atom is -0.462 e. The fourth-order valence-corrected chi connectivity index (χ4v) is 8.74. The van der Waals surface area contributed by atoms with Crippen LogP contribution in [0, 0.1) is 0 Å². The third-order valence-corrected chi connectivity index (χ3v) is 12.9. The molecule has 0 aromatic heterocycles. The zero-order chi connectivity index (χ0) is 43.5. The molecule has 0 fully saturated rings. The molecule has 0 radical (unpaired) electrons. The van der Waals surface area contributed by atoms with Crippen LogP contribution in [0.15, 0.2) is 0 Å². The number of aliphatic hydroxyl groups excluding tert-OH is 1. The maximum atomic E-state index is 12.3. The van der Waals surface area contributed by atoms with Crippen molar-refractivity contribution in [1.82, 2.24) is 0 Å². The van der Waals surface area contributed by atoms with Crippen LogP contribution in [-0.2, 0) is 19.1 Å². The van der Waals surface area contributed by atoms with Gasteiger partial charge < -0.3 is 14.6 Å². The lowest BCUT2D eigenvalue weighted by molar-refractivity contribution is -0.161. The van der Waals surface area contributed by atoms with Crippen LogP contribution in [0.3, 0.4) is 0 Å². The second-order valence-corrected chi connectivity index (χ2v) is 19.0. The molecule has 0 rings (SSSR count). The quantitative estimate of drug-likeness (QED) is 0.0488. The first-order valence-electron chi connectivity index (χ1n) is 27.6. The van der Waals surface area contributed by atoms with Gasteiger partial charge in [0, 0.05) is 12.8 Å². The highest BCUT2D eigenvalue weighted by Gasteiger charge is 2.16. The van der Waals surface area contributed by atoms with Gasteiger partial charge in [0.05, 0.1) is 6.61 Å². The van der Waals surface area contributed by atoms with Gasteiger partial charge in [0.15, 0.2) is 6.10 Å². The van der Waals surface area contributed by atoms with Crippen molar-refractivity contribution in [1.29, 1.82) is 0 Å². The van der Waals surface area contributed by atoms with Gasteiger partial charge in [-0.15, -0.1) is 0 Å². The normalized spacial score (nSPS) is 12.0. The van der Waals surface area contributed by atoms with E-state index in [0.29, 0.717) is 12.8 Å². The van der Waals surface area contributed by atoms with Crippen molar-refractivity contribution in [3.63, 3.8) is 0 Å². The van der Waals surface area contributed by atoms with Gasteiger partial charge in [-0.05, 0) is 12.8 Å². The minimum atomic E-state index is -0.763. The molecule has 0 aromatic carbocycles. The molecule has 1 atom stereocenters. The molecule has 0 saturated carbocycles. The molecule has 0 amide bonds. The van der Waals surface area contributed by atoms with Crippen molar-refractivity contribution in [2.75, 3.05) is 13.2 Å². The van der Waals surface area contributed by atoms with E-state index in [1.807, 2.05) is 0 Å². The molecule has 5 heteroatoms. The summed E-state index contributed by atoms with van der Waals surface area (Å²) in [6.07, 6.45) is 62.2. The highest BCUT2D eigenvalue weighted by Crippen LogP contribution is 2.18. The largest absolute Gasteiger partial charge is 0.462 e. The fraction of sp³-hybridized carbons (Fsp3) is 0.964. The summed E-state index contributed by atoms with van der Waals surface area (Å²) in [6.45, 7) is 4.21. The van der Waals surface area contributed by atoms with E-state index in [1.54, 1.807) is 0 Å². The Morgan fingerprint density at radius 1 is 0.317 bits per heavy atom. The maximum absolute atomic E-state index is 12.3. The number of carbonyl (C=O) groups excluding carboxylic acids is 2. The Hall–Kier alpha value is -1.10. The average molecular weight is 849 g/mol. The Morgan fingerprint density at radius 2 is 0.517 bits per heavy atom. The Balaban J connectivity index is 3.39. The number of hydrogen-bond donors (Lipinski definition) is 1. The van der Waals surface area contributed by atoms with Crippen LogP contribution in [0.2, 0.25) is 0 Å². The van der Waals surface area contributed by atoms with Crippen LogP contribution in [0.4, 0.5) is 0 Å². The highest BCUT2D eigenvalue weighted by molar-refractivity contribution is 5.70. The number of carbonyl (C=O) groups is 2. The number of rotatable bonds is 52. The summed E-state index contributed by atoms with van der Waals surface area (Å²) in [5, 5.41) is 9.64. The Bertz CT molecular complexity index is 830. The van der Waals surface area contributed by atoms with Crippen molar-refractivity contribution in [3.8, 4) is 0 Å². The summed E-state index contributed by atoms with van der Waals surface area (Å²) in [5.41, 5.74) is 0. The fourth-order valence-electron chi connectivity index (χ4n) is 8.74. The predicted octanol–water partition coefficient (Wildman–Crippen LogP) is 18.2. The van der Waals surface area contributed by atoms with E-state index in [4.69, 9.17) is 9.47 Å². The SMILES string of the molecule is CCCCCCCCCCCCCCCCCCCCCCCCCCCCCC(=O)OC(CO)COC(=O)CCCCCCCCCCCCCCCCCCCCC. The highest BCUT2D eigenvalue weighted by atomic mass is 16.6. The van der Waals surface area contributed by atoms with Gasteiger partial charge in [0.25, 0.3) is 0 Å². The second kappa shape index (κ2) is 52.2. The van der Waals surface area contributed by atoms with Crippen LogP contribution in [0.5, 0.6) is 0 Å². The molecule has 0 heterocycles. The summed E-state index contributed by atoms with van der Waals surface area (Å²) in [7, 11) is 0. The number of hydrogen-bond acceptors (Lipinski definition) is 5. The lowest BCUT2D eigenvalue weighted by Gasteiger charge is -2.15. The molecule has 358 valence electrons. The van der Waals surface area contributed by atoms with Crippen LogP contribution in [-0.4, -0.2) is 36.4 Å². The first kappa shape index (κ1) is 58.9. The van der Waals surface area contributed by atoms with E-state index < -0.39 is 6.10 Å². The summed E-state index contributed by atoms with van der Waals surface area (Å²) in [6, 6.07) is 0. The molecule has 0 bridgehead atoms. The summed E-state index contributed by atoms with van der Waals surface area (Å²) in [4.78, 5) is 24.5. The van der Waals surface area contributed by atoms with Crippen LogP contribution < -0.4 is 0 Å². The first-order valence-corrected chi connectivity index (χ1v) is 27.6. The van der Waals surface area contributed by atoms with E-state index in [0.717, 1.165) is 32.1 Å². The zero-order valence-corrected chi connectivity index (χ0v) is 41.0. The lowest BCUT2D eigenvalue weighted by atomic mass is 10.0. The topological polar surface area (TPSA) is 72.8 Å². The molecule has 0 spiro atoms. The van der Waals surface area contributed by atoms with Gasteiger partial charge in [-0.25, -0.2) is 0 Å². The van der Waals surface area contributed by atoms with Gasteiger partial charge in [-0.1, -0.05) is 296 Å². The van der Waals surface area contributed by atoms with E-state index >= 15 is 0 Å². The second-order valence-electron chi connectivity index (χ2n) is 19.0. The number of ether oxygens (including phenoxy) is 2. The zero-order valence-electron chi connectivity index (χ0n) is 41.0. The molecular weight excluding hydrogens is 741 g/mol. The van der Waals surface area contributed by atoms with Crippen LogP contribution in [0.25, 0.3) is 0 Å². The number of esters is 2. The van der Waals surface area contributed by atoms with Crippen molar-refractivity contribution in [2.24, 2.45) is 0 Å². The average Bonchev–Trinajstić information content (AvgIpc) is 3.25. The van der Waals surface area contributed by atoms with E-state index in [-0.39, 0.29) is 25.2 Å². The molecule has 0 aliphatic heterocycles. The van der Waals surface area contributed by atoms with Crippen molar-refractivity contribution < 1.29 is 24.2 Å². The molecule has 60 heavy (non-hydrogen) atoms. The summed E-state index contributed by atoms with van der Waals surface area (Å²) in [5.74, 6) is -0.564. The van der Waals surface area contributed by atoms with Gasteiger partial charge in [-0.2, -0.15) is 0 Å². The van der Waals surface area contributed by atoms with Gasteiger partial charge >= 0.3 is 11.9 Å². The van der Waals surface area contributed by atoms with Crippen LogP contribution in [0.1, 0.15) is 322 Å². The molecule has 0 aliphatic carbocycles. The van der Waals surface area contributed by atoms with Crippen LogP contribution >= 0.6 is 0 Å². The van der Waals surface area contributed by atoms with Crippen molar-refractivity contribution in [2.45, 2.75) is 328 Å². The summed E-state index contributed by atoms with van der Waals surface area (Å²) < 4.78 is 10.7. The smallest absolute Gasteiger partial charge is 0.306 e. The lowest BCUT2D eigenvalue weighted by Crippen LogP contribution is -2.28. The Morgan fingerprint density at radius 3 is 0.733 bits per heavy atom. The van der Waals surface area contributed by atoms with Gasteiger partial charge in [0.1, 0.15) is 6.61 Å². The molecule has 5 nitrogen and oxygen atoms in total. The third kappa shape index (κ3) is 49.6. The molecular formula is C55H108O5. The number of unbranched alkanes of at least 4 members (excludes halogenated alkanes) is 44. The molecule has 1 N–H and O–H groups in total. The van der Waals surface area contributed by atoms with Gasteiger partial charge in [-0.3, -0.25) is 9.59 Å². The van der Waals surface area contributed by atoms with E-state index in [9.17, 15) is 14.7 Å². The molecule has 0 saturated heterocycles. The maximum Gasteiger partial charge on any atom is 0.306 e. The number of aliphatic hydroxyl groups is 1. The van der Waals surface area contributed by atoms with Gasteiger partial charge in [0.2, 0.25) is 0 Å². The monoisotopic (exact) mass is 849 g/mol. The third-order valence-electron chi connectivity index (χ3n) is 12.9. The summed E-state index contributed by atoms with van der Waals surface area (Å²) >= 11 is 0. The van der Waals surface area contributed by atoms with Crippen molar-refractivity contribution in [3.05, 3.63) is 0 Å². The Kier molecular flexibility index (Phi) is 51.3. The van der Waals surface area contributed by atoms with Crippen molar-refractivity contribution >= 4 is 11.9 Å². The first-order chi connectivity index (χ1) is 29.6. The molecule has 0 aliphatic rings. The molecule has 1 unspecified atom stereocenters. The minimum absolute atomic E-state index is 0.0558. The standard InChI is InChI=1S/C55H108O5/c1-3-5-7-9-11-13-15-17-19-21-23-24-25-26-27-28-29-30-32-34-36-38-40-42-44-46-48-50-55(58)60-53(51-56)52-59-54(57)49-47-45-43-41-39-37-35-33-31-22-20-18-16-14-12-10-8-6-4-2/h53,56H,3-52H2,1-2H3. The Labute approximate surface area is 376 Å².